The predicted molar refractivity (Wildman–Crippen MR) is 92.0 cm³/mol. The van der Waals surface area contributed by atoms with Crippen LogP contribution in [0.3, 0.4) is 0 Å². The van der Waals surface area contributed by atoms with Crippen LogP contribution >= 0.6 is 11.3 Å². The SMILES string of the molecule is O=C(COc1ccc(F)cc1)NCC1CCCN(c2nccs2)C1. The molecule has 0 saturated carbocycles. The second-order valence-corrected chi connectivity index (χ2v) is 6.69. The summed E-state index contributed by atoms with van der Waals surface area (Å²) in [5.41, 5.74) is 0. The summed E-state index contributed by atoms with van der Waals surface area (Å²) in [4.78, 5) is 18.5. The van der Waals surface area contributed by atoms with Crippen LogP contribution in [0, 0.1) is 11.7 Å². The highest BCUT2D eigenvalue weighted by atomic mass is 32.1. The summed E-state index contributed by atoms with van der Waals surface area (Å²) in [6.07, 6.45) is 4.02. The predicted octanol–water partition coefficient (Wildman–Crippen LogP) is 2.69. The van der Waals surface area contributed by atoms with E-state index in [1.807, 2.05) is 11.6 Å². The fourth-order valence-corrected chi connectivity index (χ4v) is 3.45. The van der Waals surface area contributed by atoms with Crippen LogP contribution in [0.2, 0.25) is 0 Å². The minimum Gasteiger partial charge on any atom is -0.484 e. The average Bonchev–Trinajstić information content (AvgIpc) is 3.14. The topological polar surface area (TPSA) is 54.5 Å². The number of hydrogen-bond donors (Lipinski definition) is 1. The van der Waals surface area contributed by atoms with Gasteiger partial charge in [0, 0.05) is 31.2 Å². The first kappa shape index (κ1) is 16.7. The highest BCUT2D eigenvalue weighted by molar-refractivity contribution is 7.13. The third-order valence-electron chi connectivity index (χ3n) is 3.98. The summed E-state index contributed by atoms with van der Waals surface area (Å²) in [7, 11) is 0. The number of hydrogen-bond acceptors (Lipinski definition) is 5. The van der Waals surface area contributed by atoms with Gasteiger partial charge in [-0.25, -0.2) is 9.37 Å². The lowest BCUT2D eigenvalue weighted by Crippen LogP contribution is -2.41. The Bertz CT molecular complexity index is 648. The molecule has 3 rings (SSSR count). The molecule has 2 aromatic rings. The summed E-state index contributed by atoms with van der Waals surface area (Å²) in [6.45, 7) is 2.50. The summed E-state index contributed by atoms with van der Waals surface area (Å²) < 4.78 is 18.1. The lowest BCUT2D eigenvalue weighted by molar-refractivity contribution is -0.123. The Morgan fingerprint density at radius 1 is 1.42 bits per heavy atom. The first-order chi connectivity index (χ1) is 11.7. The minimum atomic E-state index is -0.325. The molecule has 1 aliphatic rings. The first-order valence-electron chi connectivity index (χ1n) is 8.00. The molecular formula is C17H20FN3O2S. The maximum absolute atomic E-state index is 12.8. The van der Waals surface area contributed by atoms with Crippen LogP contribution in [-0.4, -0.2) is 37.1 Å². The molecule has 1 saturated heterocycles. The van der Waals surface area contributed by atoms with E-state index in [9.17, 15) is 9.18 Å². The summed E-state index contributed by atoms with van der Waals surface area (Å²) in [6, 6.07) is 5.64. The average molecular weight is 349 g/mol. The third-order valence-corrected chi connectivity index (χ3v) is 4.81. The van der Waals surface area contributed by atoms with E-state index in [1.165, 1.54) is 24.3 Å². The number of carbonyl (C=O) groups is 1. The molecule has 1 atom stereocenters. The molecule has 24 heavy (non-hydrogen) atoms. The van der Waals surface area contributed by atoms with Gasteiger partial charge in [0.15, 0.2) is 11.7 Å². The maximum atomic E-state index is 12.8. The standard InChI is InChI=1S/C17H20FN3O2S/c18-14-3-5-15(6-4-14)23-12-16(22)20-10-13-2-1-8-21(11-13)17-19-7-9-24-17/h3-7,9,13H,1-2,8,10-12H2,(H,20,22). The fourth-order valence-electron chi connectivity index (χ4n) is 2.77. The molecule has 0 radical (unpaired) electrons. The van der Waals surface area contributed by atoms with Gasteiger partial charge < -0.3 is 15.0 Å². The number of aromatic nitrogens is 1. The Balaban J connectivity index is 1.40. The van der Waals surface area contributed by atoms with E-state index in [4.69, 9.17) is 4.74 Å². The van der Waals surface area contributed by atoms with Crippen molar-refractivity contribution in [2.75, 3.05) is 31.1 Å². The minimum absolute atomic E-state index is 0.0610. The van der Waals surface area contributed by atoms with Crippen LogP contribution in [0.5, 0.6) is 5.75 Å². The Kier molecular flexibility index (Phi) is 5.63. The van der Waals surface area contributed by atoms with Gasteiger partial charge in [0.05, 0.1) is 0 Å². The van der Waals surface area contributed by atoms with Crippen molar-refractivity contribution in [3.8, 4) is 5.75 Å². The zero-order valence-corrected chi connectivity index (χ0v) is 14.1. The monoisotopic (exact) mass is 349 g/mol. The summed E-state index contributed by atoms with van der Waals surface area (Å²) in [5.74, 6) is 0.413. The number of ether oxygens (including phenoxy) is 1. The number of nitrogens with zero attached hydrogens (tertiary/aromatic N) is 2. The number of rotatable bonds is 6. The van der Waals surface area contributed by atoms with Crippen LogP contribution in [0.15, 0.2) is 35.8 Å². The van der Waals surface area contributed by atoms with Crippen molar-refractivity contribution in [3.63, 3.8) is 0 Å². The van der Waals surface area contributed by atoms with Crippen molar-refractivity contribution >= 4 is 22.4 Å². The smallest absolute Gasteiger partial charge is 0.257 e. The van der Waals surface area contributed by atoms with Crippen LogP contribution in [0.4, 0.5) is 9.52 Å². The molecule has 128 valence electrons. The molecule has 1 fully saturated rings. The number of thiazole rings is 1. The second kappa shape index (κ2) is 8.10. The number of benzene rings is 1. The first-order valence-corrected chi connectivity index (χ1v) is 8.88. The number of piperidine rings is 1. The van der Waals surface area contributed by atoms with Crippen molar-refractivity contribution in [2.45, 2.75) is 12.8 Å². The van der Waals surface area contributed by atoms with Crippen molar-refractivity contribution in [1.29, 1.82) is 0 Å². The number of carbonyl (C=O) groups excluding carboxylic acids is 1. The van der Waals surface area contributed by atoms with Gasteiger partial charge in [0.1, 0.15) is 11.6 Å². The number of amides is 1. The molecule has 0 aliphatic carbocycles. The van der Waals surface area contributed by atoms with Gasteiger partial charge in [0.25, 0.3) is 5.91 Å². The van der Waals surface area contributed by atoms with E-state index in [-0.39, 0.29) is 18.3 Å². The van der Waals surface area contributed by atoms with E-state index < -0.39 is 0 Å². The number of nitrogens with one attached hydrogen (secondary N) is 1. The van der Waals surface area contributed by atoms with Crippen molar-refractivity contribution in [1.82, 2.24) is 10.3 Å². The van der Waals surface area contributed by atoms with Crippen LogP contribution in [0.25, 0.3) is 0 Å². The quantitative estimate of drug-likeness (QED) is 0.871. The fraction of sp³-hybridized carbons (Fsp3) is 0.412. The normalized spacial score (nSPS) is 17.5. The maximum Gasteiger partial charge on any atom is 0.257 e. The van der Waals surface area contributed by atoms with Crippen molar-refractivity contribution < 1.29 is 13.9 Å². The number of anilines is 1. The second-order valence-electron chi connectivity index (χ2n) is 5.82. The van der Waals surface area contributed by atoms with E-state index in [2.05, 4.69) is 15.2 Å². The Hall–Kier alpha value is -2.15. The van der Waals surface area contributed by atoms with Crippen LogP contribution in [0.1, 0.15) is 12.8 Å². The Labute approximate surface area is 144 Å². The molecule has 7 heteroatoms. The van der Waals surface area contributed by atoms with Crippen LogP contribution < -0.4 is 15.0 Å². The molecule has 1 amide bonds. The third kappa shape index (κ3) is 4.67. The molecule has 1 aromatic heterocycles. The Morgan fingerprint density at radius 2 is 2.25 bits per heavy atom. The highest BCUT2D eigenvalue weighted by Crippen LogP contribution is 2.24. The van der Waals surface area contributed by atoms with Crippen molar-refractivity contribution in [3.05, 3.63) is 41.7 Å². The van der Waals surface area contributed by atoms with E-state index in [0.717, 1.165) is 31.1 Å². The zero-order valence-electron chi connectivity index (χ0n) is 13.3. The van der Waals surface area contributed by atoms with Gasteiger partial charge in [-0.05, 0) is 43.0 Å². The van der Waals surface area contributed by atoms with Crippen molar-refractivity contribution in [2.24, 2.45) is 5.92 Å². The molecule has 1 unspecified atom stereocenters. The van der Waals surface area contributed by atoms with Gasteiger partial charge in [-0.1, -0.05) is 0 Å². The molecule has 2 heterocycles. The molecule has 1 N–H and O–H groups in total. The van der Waals surface area contributed by atoms with Gasteiger partial charge in [-0.15, -0.1) is 11.3 Å². The zero-order chi connectivity index (χ0) is 16.8. The molecule has 5 nitrogen and oxygen atoms in total. The molecule has 1 aromatic carbocycles. The largest absolute Gasteiger partial charge is 0.484 e. The molecule has 0 spiro atoms. The van der Waals surface area contributed by atoms with Gasteiger partial charge in [-0.2, -0.15) is 0 Å². The summed E-state index contributed by atoms with van der Waals surface area (Å²) in [5, 5.41) is 5.94. The van der Waals surface area contributed by atoms with E-state index in [1.54, 1.807) is 11.3 Å². The van der Waals surface area contributed by atoms with Gasteiger partial charge >= 0.3 is 0 Å². The number of halogens is 1. The lowest BCUT2D eigenvalue weighted by Gasteiger charge is -2.32. The lowest BCUT2D eigenvalue weighted by atomic mass is 9.98. The summed E-state index contributed by atoms with van der Waals surface area (Å²) >= 11 is 1.64. The Morgan fingerprint density at radius 3 is 3.00 bits per heavy atom. The molecular weight excluding hydrogens is 329 g/mol. The van der Waals surface area contributed by atoms with Gasteiger partial charge in [0.2, 0.25) is 0 Å². The molecule has 0 bridgehead atoms. The highest BCUT2D eigenvalue weighted by Gasteiger charge is 2.21. The van der Waals surface area contributed by atoms with E-state index in [0.29, 0.717) is 18.2 Å². The van der Waals surface area contributed by atoms with Crippen LogP contribution in [-0.2, 0) is 4.79 Å². The molecule has 1 aliphatic heterocycles. The van der Waals surface area contributed by atoms with E-state index >= 15 is 0 Å². The van der Waals surface area contributed by atoms with Gasteiger partial charge in [-0.3, -0.25) is 4.79 Å².